The summed E-state index contributed by atoms with van der Waals surface area (Å²) in [4.78, 5) is 5.19. The first-order chi connectivity index (χ1) is 10.2. The Kier molecular flexibility index (Phi) is 6.68. The number of halogens is 1. The zero-order chi connectivity index (χ0) is 14.7. The van der Waals surface area contributed by atoms with E-state index in [1.165, 1.54) is 51.1 Å². The van der Waals surface area contributed by atoms with Crippen molar-refractivity contribution in [2.24, 2.45) is 5.92 Å². The minimum atomic E-state index is 0. The first-order valence-electron chi connectivity index (χ1n) is 8.29. The Morgan fingerprint density at radius 1 is 1.09 bits per heavy atom. The molecule has 5 nitrogen and oxygen atoms in total. The highest BCUT2D eigenvalue weighted by atomic mass is 35.5. The van der Waals surface area contributed by atoms with Crippen LogP contribution in [-0.2, 0) is 6.54 Å². The highest BCUT2D eigenvalue weighted by Crippen LogP contribution is 2.18. The van der Waals surface area contributed by atoms with E-state index in [2.05, 4.69) is 20.3 Å². The van der Waals surface area contributed by atoms with Crippen LogP contribution in [0.1, 0.15) is 29.9 Å². The van der Waals surface area contributed by atoms with Crippen LogP contribution in [0.15, 0.2) is 4.52 Å². The van der Waals surface area contributed by atoms with Gasteiger partial charge in [0.1, 0.15) is 5.76 Å². The molecule has 0 unspecified atom stereocenters. The van der Waals surface area contributed by atoms with Crippen molar-refractivity contribution in [1.82, 2.24) is 20.3 Å². The molecule has 3 heterocycles. The number of aryl methyl sites for hydroxylation is 2. The molecular formula is C16H29ClN4O. The molecule has 0 saturated carbocycles. The normalized spacial score (nSPS) is 21.7. The van der Waals surface area contributed by atoms with E-state index in [0.29, 0.717) is 0 Å². The first-order valence-corrected chi connectivity index (χ1v) is 8.29. The maximum Gasteiger partial charge on any atom is 0.138 e. The van der Waals surface area contributed by atoms with Crippen molar-refractivity contribution in [2.45, 2.75) is 33.2 Å². The van der Waals surface area contributed by atoms with Crippen LogP contribution in [0.25, 0.3) is 0 Å². The molecule has 1 aromatic heterocycles. The second-order valence-corrected chi connectivity index (χ2v) is 6.57. The smallest absolute Gasteiger partial charge is 0.138 e. The minimum absolute atomic E-state index is 0. The van der Waals surface area contributed by atoms with Gasteiger partial charge in [0.15, 0.2) is 0 Å². The molecule has 0 atom stereocenters. The molecule has 22 heavy (non-hydrogen) atoms. The first kappa shape index (κ1) is 17.7. The van der Waals surface area contributed by atoms with E-state index >= 15 is 0 Å². The van der Waals surface area contributed by atoms with Crippen molar-refractivity contribution in [1.29, 1.82) is 0 Å². The summed E-state index contributed by atoms with van der Waals surface area (Å²) >= 11 is 0. The molecule has 2 saturated heterocycles. The summed E-state index contributed by atoms with van der Waals surface area (Å²) in [6, 6.07) is 0. The fraction of sp³-hybridized carbons (Fsp3) is 0.812. The summed E-state index contributed by atoms with van der Waals surface area (Å²) in [6.07, 6.45) is 2.69. The number of piperidine rings is 1. The van der Waals surface area contributed by atoms with Gasteiger partial charge in [-0.1, -0.05) is 5.16 Å². The Labute approximate surface area is 139 Å². The number of hydrogen-bond donors (Lipinski definition) is 1. The zero-order valence-corrected chi connectivity index (χ0v) is 14.6. The third-order valence-corrected chi connectivity index (χ3v) is 5.00. The molecule has 0 amide bonds. The fourth-order valence-corrected chi connectivity index (χ4v) is 3.51. The zero-order valence-electron chi connectivity index (χ0n) is 13.8. The molecule has 6 heteroatoms. The van der Waals surface area contributed by atoms with Gasteiger partial charge in [-0.05, 0) is 45.7 Å². The van der Waals surface area contributed by atoms with Crippen LogP contribution in [0, 0.1) is 19.8 Å². The highest BCUT2D eigenvalue weighted by Gasteiger charge is 2.22. The number of nitrogens with one attached hydrogen (secondary N) is 1. The largest absolute Gasteiger partial charge is 0.361 e. The lowest BCUT2D eigenvalue weighted by Crippen LogP contribution is -2.48. The van der Waals surface area contributed by atoms with Gasteiger partial charge >= 0.3 is 0 Å². The Bertz CT molecular complexity index is 431. The van der Waals surface area contributed by atoms with Crippen LogP contribution in [0.4, 0.5) is 0 Å². The van der Waals surface area contributed by atoms with Crippen molar-refractivity contribution in [3.8, 4) is 0 Å². The van der Waals surface area contributed by atoms with E-state index in [1.54, 1.807) is 0 Å². The van der Waals surface area contributed by atoms with Crippen LogP contribution in [0.5, 0.6) is 0 Å². The lowest BCUT2D eigenvalue weighted by molar-refractivity contribution is 0.106. The molecule has 0 aliphatic carbocycles. The summed E-state index contributed by atoms with van der Waals surface area (Å²) < 4.78 is 5.27. The maximum atomic E-state index is 5.27. The molecule has 0 aromatic carbocycles. The fourth-order valence-electron chi connectivity index (χ4n) is 3.51. The molecular weight excluding hydrogens is 300 g/mol. The number of hydrogen-bond acceptors (Lipinski definition) is 5. The van der Waals surface area contributed by atoms with Gasteiger partial charge in [-0.25, -0.2) is 0 Å². The highest BCUT2D eigenvalue weighted by molar-refractivity contribution is 5.85. The van der Waals surface area contributed by atoms with Crippen molar-refractivity contribution in [3.63, 3.8) is 0 Å². The third kappa shape index (κ3) is 4.44. The number of piperazine rings is 1. The lowest BCUT2D eigenvalue weighted by atomic mass is 9.97. The maximum absolute atomic E-state index is 5.27. The molecule has 2 aliphatic heterocycles. The van der Waals surface area contributed by atoms with Gasteiger partial charge in [0, 0.05) is 44.8 Å². The van der Waals surface area contributed by atoms with E-state index < -0.39 is 0 Å². The molecule has 1 N–H and O–H groups in total. The SMILES string of the molecule is Cc1noc(C)c1CN1CCN(CC2CCNCC2)CC1.Cl. The second-order valence-electron chi connectivity index (χ2n) is 6.57. The monoisotopic (exact) mass is 328 g/mol. The van der Waals surface area contributed by atoms with Gasteiger partial charge in [0.05, 0.1) is 5.69 Å². The van der Waals surface area contributed by atoms with Crippen molar-refractivity contribution < 1.29 is 4.52 Å². The number of nitrogens with zero attached hydrogens (tertiary/aromatic N) is 3. The van der Waals surface area contributed by atoms with Gasteiger partial charge in [0.25, 0.3) is 0 Å². The van der Waals surface area contributed by atoms with Gasteiger partial charge in [0.2, 0.25) is 0 Å². The summed E-state index contributed by atoms with van der Waals surface area (Å²) in [6.45, 7) is 13.5. The van der Waals surface area contributed by atoms with Crippen molar-refractivity contribution in [2.75, 3.05) is 45.8 Å². The van der Waals surface area contributed by atoms with Crippen molar-refractivity contribution in [3.05, 3.63) is 17.0 Å². The predicted octanol–water partition coefficient (Wildman–Crippen LogP) is 1.83. The molecule has 1 aromatic rings. The van der Waals surface area contributed by atoms with Gasteiger partial charge in [-0.15, -0.1) is 12.4 Å². The van der Waals surface area contributed by atoms with E-state index in [-0.39, 0.29) is 12.4 Å². The van der Waals surface area contributed by atoms with Crippen LogP contribution >= 0.6 is 12.4 Å². The Balaban J connectivity index is 0.00000176. The van der Waals surface area contributed by atoms with E-state index in [0.717, 1.165) is 37.0 Å². The number of aromatic nitrogens is 1. The quantitative estimate of drug-likeness (QED) is 0.913. The third-order valence-electron chi connectivity index (χ3n) is 5.00. The molecule has 0 radical (unpaired) electrons. The lowest BCUT2D eigenvalue weighted by Gasteiger charge is -2.37. The van der Waals surface area contributed by atoms with Gasteiger partial charge in [-0.3, -0.25) is 4.90 Å². The van der Waals surface area contributed by atoms with Gasteiger partial charge in [-0.2, -0.15) is 0 Å². The van der Waals surface area contributed by atoms with Crippen LogP contribution < -0.4 is 5.32 Å². The van der Waals surface area contributed by atoms with E-state index in [9.17, 15) is 0 Å². The van der Waals surface area contributed by atoms with E-state index in [1.807, 2.05) is 13.8 Å². The summed E-state index contributed by atoms with van der Waals surface area (Å²) in [5.41, 5.74) is 2.33. The Morgan fingerprint density at radius 2 is 1.73 bits per heavy atom. The topological polar surface area (TPSA) is 44.5 Å². The predicted molar refractivity (Wildman–Crippen MR) is 90.5 cm³/mol. The van der Waals surface area contributed by atoms with E-state index in [4.69, 9.17) is 4.52 Å². The molecule has 126 valence electrons. The summed E-state index contributed by atoms with van der Waals surface area (Å²) in [7, 11) is 0. The minimum Gasteiger partial charge on any atom is -0.361 e. The standard InChI is InChI=1S/C16H28N4O.ClH/c1-13-16(14(2)21-18-13)12-20-9-7-19(8-10-20)11-15-3-5-17-6-4-15;/h15,17H,3-12H2,1-2H3;1H. The van der Waals surface area contributed by atoms with Crippen molar-refractivity contribution >= 4 is 12.4 Å². The van der Waals surface area contributed by atoms with Gasteiger partial charge < -0.3 is 14.7 Å². The average molecular weight is 329 g/mol. The molecule has 0 spiro atoms. The molecule has 3 rings (SSSR count). The molecule has 0 bridgehead atoms. The summed E-state index contributed by atoms with van der Waals surface area (Å²) in [5.74, 6) is 1.88. The molecule has 2 aliphatic rings. The number of rotatable bonds is 4. The van der Waals surface area contributed by atoms with Crippen LogP contribution in [-0.4, -0.2) is 60.8 Å². The summed E-state index contributed by atoms with van der Waals surface area (Å²) in [5, 5.41) is 7.51. The average Bonchev–Trinajstić information content (AvgIpc) is 2.82. The molecule has 2 fully saturated rings. The van der Waals surface area contributed by atoms with Crippen LogP contribution in [0.3, 0.4) is 0 Å². The second kappa shape index (κ2) is 8.29. The Morgan fingerprint density at radius 3 is 2.32 bits per heavy atom. The Hall–Kier alpha value is -0.620. The van der Waals surface area contributed by atoms with Crippen LogP contribution in [0.2, 0.25) is 0 Å².